The first-order chi connectivity index (χ1) is 5.24. The molecular weight excluding hydrogens is 229 g/mol. The first-order valence-electron chi connectivity index (χ1n) is 3.16. The first-order valence-corrected chi connectivity index (χ1v) is 3.16. The van der Waals surface area contributed by atoms with E-state index in [1.54, 1.807) is 25.3 Å². The van der Waals surface area contributed by atoms with E-state index in [-0.39, 0.29) is 38.5 Å². The molecule has 3 heteroatoms. The van der Waals surface area contributed by atoms with Gasteiger partial charge in [-0.05, 0) is 0 Å². The first kappa shape index (κ1) is 11.7. The second-order valence-electron chi connectivity index (χ2n) is 2.07. The van der Waals surface area contributed by atoms with Crippen LogP contribution in [0.15, 0.2) is 18.2 Å². The van der Waals surface area contributed by atoms with Crippen molar-refractivity contribution in [3.63, 3.8) is 0 Å². The molecule has 0 aliphatic carbocycles. The molecule has 0 heterocycles. The zero-order chi connectivity index (χ0) is 8.27. The number of benzene rings is 1. The van der Waals surface area contributed by atoms with E-state index in [0.717, 1.165) is 0 Å². The van der Waals surface area contributed by atoms with Crippen LogP contribution >= 0.6 is 0 Å². The number of hydrogen-bond acceptors (Lipinski definition) is 2. The standard InChI is InChI=1S/C9H8O2.Y/c1-7(10)8-3-5-9(11-2)6-4-8;/h3,5-6H,1H2,2H3;/q-2;. The number of hydrogen-bond donors (Lipinski definition) is 0. The summed E-state index contributed by atoms with van der Waals surface area (Å²) in [6.45, 7) is 3.25. The van der Waals surface area contributed by atoms with Gasteiger partial charge in [-0.25, -0.2) is 19.1 Å². The molecule has 61 valence electrons. The Balaban J connectivity index is 0.00000121. The van der Waals surface area contributed by atoms with E-state index in [9.17, 15) is 4.79 Å². The van der Waals surface area contributed by atoms with E-state index in [1.165, 1.54) is 0 Å². The molecule has 0 amide bonds. The predicted octanol–water partition coefficient (Wildman–Crippen LogP) is 1.51. The van der Waals surface area contributed by atoms with Gasteiger partial charge in [-0.15, -0.1) is 12.1 Å². The predicted molar refractivity (Wildman–Crippen MR) is 41.5 cm³/mol. The van der Waals surface area contributed by atoms with Crippen LogP contribution in [0.4, 0.5) is 0 Å². The van der Waals surface area contributed by atoms with Gasteiger partial charge in [0.25, 0.3) is 0 Å². The summed E-state index contributed by atoms with van der Waals surface area (Å²) < 4.78 is 4.89. The molecule has 12 heavy (non-hydrogen) atoms. The average molecular weight is 237 g/mol. The molecule has 0 saturated carbocycles. The number of ketones is 1. The molecule has 2 nitrogen and oxygen atoms in total. The SMILES string of the molecule is [CH2-]C(=O)c1[c-]cc(OC)cc1.[Y]. The van der Waals surface area contributed by atoms with Crippen molar-refractivity contribution in [1.29, 1.82) is 0 Å². The van der Waals surface area contributed by atoms with Gasteiger partial charge < -0.3 is 9.53 Å². The minimum Gasteiger partial charge on any atom is -0.540 e. The molecule has 0 saturated heterocycles. The third-order valence-electron chi connectivity index (χ3n) is 1.32. The normalized spacial score (nSPS) is 8.42. The topological polar surface area (TPSA) is 26.3 Å². The van der Waals surface area contributed by atoms with Crippen molar-refractivity contribution in [1.82, 2.24) is 0 Å². The van der Waals surface area contributed by atoms with Crippen molar-refractivity contribution in [3.8, 4) is 5.75 Å². The Morgan fingerprint density at radius 2 is 2.25 bits per heavy atom. The average Bonchev–Trinajstić information content (AvgIpc) is 2.05. The van der Waals surface area contributed by atoms with Gasteiger partial charge in [-0.3, -0.25) is 5.56 Å². The fourth-order valence-electron chi connectivity index (χ4n) is 0.711. The van der Waals surface area contributed by atoms with Crippen LogP contribution in [-0.2, 0) is 32.7 Å². The van der Waals surface area contributed by atoms with Crippen LogP contribution in [0.1, 0.15) is 10.4 Å². The van der Waals surface area contributed by atoms with Gasteiger partial charge >= 0.3 is 0 Å². The molecule has 1 aromatic rings. The summed E-state index contributed by atoms with van der Waals surface area (Å²) in [5.74, 6) is 0.461. The zero-order valence-corrected chi connectivity index (χ0v) is 9.67. The maximum atomic E-state index is 10.7. The fraction of sp³-hybridized carbons (Fsp3) is 0.111. The monoisotopic (exact) mass is 237 g/mol. The molecule has 1 aromatic carbocycles. The summed E-state index contributed by atoms with van der Waals surface area (Å²) in [5.41, 5.74) is 0.478. The molecule has 0 atom stereocenters. The van der Waals surface area contributed by atoms with Gasteiger partial charge in [-0.2, -0.15) is 0 Å². The fourth-order valence-corrected chi connectivity index (χ4v) is 0.711. The third kappa shape index (κ3) is 2.96. The van der Waals surface area contributed by atoms with Gasteiger partial charge in [0.1, 0.15) is 0 Å². The molecule has 0 unspecified atom stereocenters. The second-order valence-corrected chi connectivity index (χ2v) is 2.07. The number of ether oxygens (including phenoxy) is 1. The van der Waals surface area contributed by atoms with Gasteiger partial charge in [0.15, 0.2) is 0 Å². The summed E-state index contributed by atoms with van der Waals surface area (Å²) in [6.07, 6.45) is 0. The number of carbonyl (C=O) groups excluding carboxylic acids is 1. The van der Waals surface area contributed by atoms with Crippen molar-refractivity contribution < 1.29 is 42.2 Å². The van der Waals surface area contributed by atoms with Gasteiger partial charge in [0, 0.05) is 38.5 Å². The Morgan fingerprint density at radius 3 is 2.58 bits per heavy atom. The van der Waals surface area contributed by atoms with Crippen molar-refractivity contribution in [3.05, 3.63) is 36.8 Å². The van der Waals surface area contributed by atoms with Crippen LogP contribution in [0.25, 0.3) is 0 Å². The maximum absolute atomic E-state index is 10.7. The van der Waals surface area contributed by atoms with Crippen molar-refractivity contribution in [2.24, 2.45) is 0 Å². The minimum atomic E-state index is -0.229. The van der Waals surface area contributed by atoms with Crippen LogP contribution < -0.4 is 4.74 Å². The molecule has 0 spiro atoms. The Bertz CT molecular complexity index is 254. The van der Waals surface area contributed by atoms with E-state index < -0.39 is 0 Å². The summed E-state index contributed by atoms with van der Waals surface area (Å²) in [7, 11) is 1.56. The molecule has 0 fully saturated rings. The van der Waals surface area contributed by atoms with Crippen LogP contribution in [0.3, 0.4) is 0 Å². The minimum absolute atomic E-state index is 0. The van der Waals surface area contributed by atoms with E-state index >= 15 is 0 Å². The van der Waals surface area contributed by atoms with Crippen LogP contribution in [-0.4, -0.2) is 12.9 Å². The summed E-state index contributed by atoms with van der Waals surface area (Å²) >= 11 is 0. The van der Waals surface area contributed by atoms with Crippen molar-refractivity contribution >= 4 is 5.78 Å². The number of Topliss-reactive ketones (excluding diaryl/α,β-unsaturated/α-hetero) is 1. The number of rotatable bonds is 2. The molecular formula is C9H8O2Y-2. The summed E-state index contributed by atoms with van der Waals surface area (Å²) in [6, 6.07) is 7.70. The molecule has 0 aromatic heterocycles. The van der Waals surface area contributed by atoms with Gasteiger partial charge in [0.2, 0.25) is 0 Å². The smallest absolute Gasteiger partial charge is 0.0647 e. The zero-order valence-electron chi connectivity index (χ0n) is 6.83. The van der Waals surface area contributed by atoms with Crippen LogP contribution in [0, 0.1) is 13.0 Å². The molecule has 0 aliphatic heterocycles. The van der Waals surface area contributed by atoms with Crippen molar-refractivity contribution in [2.75, 3.05) is 7.11 Å². The number of carbonyl (C=O) groups is 1. The summed E-state index contributed by atoms with van der Waals surface area (Å²) in [5, 5.41) is 0. The molecule has 0 bridgehead atoms. The summed E-state index contributed by atoms with van der Waals surface area (Å²) in [4.78, 5) is 10.7. The second kappa shape index (κ2) is 5.33. The maximum Gasteiger partial charge on any atom is 0.0647 e. The third-order valence-corrected chi connectivity index (χ3v) is 1.32. The quantitative estimate of drug-likeness (QED) is 0.575. The molecule has 1 radical (unpaired) electrons. The van der Waals surface area contributed by atoms with Crippen LogP contribution in [0.5, 0.6) is 5.75 Å². The largest absolute Gasteiger partial charge is 0.540 e. The molecule has 0 aliphatic rings. The molecule has 1 rings (SSSR count). The van der Waals surface area contributed by atoms with E-state index in [4.69, 9.17) is 4.74 Å². The van der Waals surface area contributed by atoms with E-state index in [2.05, 4.69) is 13.0 Å². The van der Waals surface area contributed by atoms with Crippen LogP contribution in [0.2, 0.25) is 0 Å². The van der Waals surface area contributed by atoms with Gasteiger partial charge in [0.05, 0.1) is 7.11 Å². The molecule has 0 N–H and O–H groups in total. The Hall–Kier alpha value is -0.336. The van der Waals surface area contributed by atoms with Gasteiger partial charge in [-0.1, -0.05) is 5.78 Å². The Morgan fingerprint density at radius 1 is 1.58 bits per heavy atom. The Labute approximate surface area is 97.2 Å². The Kier molecular flexibility index (Phi) is 5.18. The number of methoxy groups -OCH3 is 1. The van der Waals surface area contributed by atoms with E-state index in [0.29, 0.717) is 11.3 Å². The van der Waals surface area contributed by atoms with Crippen molar-refractivity contribution in [2.45, 2.75) is 0 Å². The van der Waals surface area contributed by atoms with E-state index in [1.807, 2.05) is 0 Å².